The highest BCUT2D eigenvalue weighted by Gasteiger charge is 2.21. The van der Waals surface area contributed by atoms with Crippen molar-refractivity contribution in [3.63, 3.8) is 0 Å². The molecule has 1 heterocycles. The lowest BCUT2D eigenvalue weighted by molar-refractivity contribution is -0.120. The Bertz CT molecular complexity index is 496. The van der Waals surface area contributed by atoms with Crippen molar-refractivity contribution < 1.29 is 9.90 Å². The Hall–Kier alpha value is -1.20. The van der Waals surface area contributed by atoms with Gasteiger partial charge in [-0.2, -0.15) is 11.8 Å². The van der Waals surface area contributed by atoms with Crippen LogP contribution in [-0.4, -0.2) is 52.6 Å². The molecule has 1 aromatic carbocycles. The van der Waals surface area contributed by atoms with Gasteiger partial charge >= 0.3 is 0 Å². The lowest BCUT2D eigenvalue weighted by Gasteiger charge is -2.26. The minimum Gasteiger partial charge on any atom is -0.508 e. The van der Waals surface area contributed by atoms with Gasteiger partial charge in [-0.25, -0.2) is 0 Å². The summed E-state index contributed by atoms with van der Waals surface area (Å²) in [4.78, 5) is 14.6. The Morgan fingerprint density at radius 1 is 1.26 bits per heavy atom. The summed E-state index contributed by atoms with van der Waals surface area (Å²) in [5, 5.41) is 12.4. The second-order valence-corrected chi connectivity index (χ2v) is 7.98. The van der Waals surface area contributed by atoms with Crippen molar-refractivity contribution in [3.8, 4) is 5.75 Å². The molecule has 4 nitrogen and oxygen atoms in total. The predicted octanol–water partition coefficient (Wildman–Crippen LogP) is 2.66. The average molecular weight is 337 g/mol. The maximum Gasteiger partial charge on any atom is 0.230 e. The molecule has 23 heavy (non-hydrogen) atoms. The Kier molecular flexibility index (Phi) is 6.78. The number of rotatable bonds is 8. The van der Waals surface area contributed by atoms with E-state index in [-0.39, 0.29) is 17.2 Å². The van der Waals surface area contributed by atoms with E-state index in [1.54, 1.807) is 23.9 Å². The molecule has 0 spiro atoms. The number of phenols is 1. The molecule has 1 fully saturated rings. The number of carbonyl (C=O) groups is 1. The number of thioether (sulfide) groups is 1. The summed E-state index contributed by atoms with van der Waals surface area (Å²) in [5.41, 5.74) is 0.818. The van der Waals surface area contributed by atoms with Gasteiger partial charge in [0.05, 0.1) is 5.75 Å². The Morgan fingerprint density at radius 3 is 2.57 bits per heavy atom. The third-order valence-electron chi connectivity index (χ3n) is 4.04. The van der Waals surface area contributed by atoms with Gasteiger partial charge in [-0.1, -0.05) is 12.1 Å². The van der Waals surface area contributed by atoms with E-state index in [4.69, 9.17) is 0 Å². The predicted molar refractivity (Wildman–Crippen MR) is 97.0 cm³/mol. The number of nitrogens with zero attached hydrogens (tertiary/aromatic N) is 1. The van der Waals surface area contributed by atoms with Crippen LogP contribution in [0.15, 0.2) is 24.3 Å². The summed E-state index contributed by atoms with van der Waals surface area (Å²) < 4.78 is 0. The minimum atomic E-state index is -0.288. The number of hydrogen-bond donors (Lipinski definition) is 2. The fourth-order valence-corrected chi connectivity index (χ4v) is 3.74. The number of amides is 1. The summed E-state index contributed by atoms with van der Waals surface area (Å²) >= 11 is 1.71. The number of aromatic hydroxyl groups is 1. The molecule has 1 aliphatic rings. The Morgan fingerprint density at radius 2 is 1.91 bits per heavy atom. The van der Waals surface area contributed by atoms with Crippen LogP contribution in [0.5, 0.6) is 5.75 Å². The molecule has 0 saturated carbocycles. The van der Waals surface area contributed by atoms with Gasteiger partial charge in [-0.3, -0.25) is 4.79 Å². The monoisotopic (exact) mass is 336 g/mol. The van der Waals surface area contributed by atoms with E-state index >= 15 is 0 Å². The lowest BCUT2D eigenvalue weighted by atomic mass is 9.95. The molecule has 1 amide bonds. The SMILES string of the molecule is CC(C)(Cc1ccc(O)cc1)NC(=O)CSCCN1CCCC1. The average Bonchev–Trinajstić information content (AvgIpc) is 2.98. The molecule has 0 radical (unpaired) electrons. The second kappa shape index (κ2) is 8.60. The van der Waals surface area contributed by atoms with Gasteiger partial charge in [0.25, 0.3) is 0 Å². The third-order valence-corrected chi connectivity index (χ3v) is 4.98. The molecule has 1 saturated heterocycles. The van der Waals surface area contributed by atoms with Crippen molar-refractivity contribution in [2.45, 2.75) is 38.6 Å². The highest BCUT2D eigenvalue weighted by atomic mass is 32.2. The topological polar surface area (TPSA) is 52.6 Å². The molecule has 2 N–H and O–H groups in total. The quantitative estimate of drug-likeness (QED) is 0.717. The zero-order valence-electron chi connectivity index (χ0n) is 14.2. The number of benzene rings is 1. The molecule has 5 heteroatoms. The molecule has 0 bridgehead atoms. The van der Waals surface area contributed by atoms with Crippen LogP contribution in [0.25, 0.3) is 0 Å². The van der Waals surface area contributed by atoms with Gasteiger partial charge in [0.1, 0.15) is 5.75 Å². The summed E-state index contributed by atoms with van der Waals surface area (Å²) in [6.45, 7) is 7.59. The van der Waals surface area contributed by atoms with Crippen LogP contribution >= 0.6 is 11.8 Å². The summed E-state index contributed by atoms with van der Waals surface area (Å²) in [7, 11) is 0. The molecule has 1 aromatic rings. The van der Waals surface area contributed by atoms with Gasteiger partial charge in [-0.05, 0) is 63.9 Å². The van der Waals surface area contributed by atoms with Crippen molar-refractivity contribution in [2.24, 2.45) is 0 Å². The van der Waals surface area contributed by atoms with Gasteiger partial charge in [0.15, 0.2) is 0 Å². The van der Waals surface area contributed by atoms with Gasteiger partial charge in [0.2, 0.25) is 5.91 Å². The van der Waals surface area contributed by atoms with Gasteiger partial charge < -0.3 is 15.3 Å². The molecule has 0 atom stereocenters. The number of phenolic OH excluding ortho intramolecular Hbond substituents is 1. The first-order valence-corrected chi connectivity index (χ1v) is 9.49. The molecule has 2 rings (SSSR count). The van der Waals surface area contributed by atoms with Crippen LogP contribution in [0.2, 0.25) is 0 Å². The fourth-order valence-electron chi connectivity index (χ4n) is 2.95. The zero-order valence-corrected chi connectivity index (χ0v) is 15.0. The molecule has 128 valence electrons. The first kappa shape index (κ1) is 18.1. The van der Waals surface area contributed by atoms with Crippen LogP contribution in [0.1, 0.15) is 32.3 Å². The normalized spacial score (nSPS) is 15.7. The van der Waals surface area contributed by atoms with E-state index < -0.39 is 0 Å². The fraction of sp³-hybridized carbons (Fsp3) is 0.611. The van der Waals surface area contributed by atoms with E-state index in [0.29, 0.717) is 5.75 Å². The van der Waals surface area contributed by atoms with E-state index in [1.165, 1.54) is 25.9 Å². The molecule has 0 unspecified atom stereocenters. The second-order valence-electron chi connectivity index (χ2n) is 6.88. The van der Waals surface area contributed by atoms with E-state index in [1.807, 2.05) is 26.0 Å². The zero-order chi connectivity index (χ0) is 16.7. The molecule has 0 aromatic heterocycles. The van der Waals surface area contributed by atoms with Crippen molar-refractivity contribution >= 4 is 17.7 Å². The Balaban J connectivity index is 1.66. The van der Waals surface area contributed by atoms with Crippen LogP contribution in [0.3, 0.4) is 0 Å². The van der Waals surface area contributed by atoms with Crippen LogP contribution in [0.4, 0.5) is 0 Å². The number of nitrogens with one attached hydrogen (secondary N) is 1. The van der Waals surface area contributed by atoms with Crippen molar-refractivity contribution in [3.05, 3.63) is 29.8 Å². The number of hydrogen-bond acceptors (Lipinski definition) is 4. The maximum absolute atomic E-state index is 12.1. The largest absolute Gasteiger partial charge is 0.508 e. The van der Waals surface area contributed by atoms with Crippen molar-refractivity contribution in [1.82, 2.24) is 10.2 Å². The molecule has 0 aliphatic carbocycles. The number of likely N-dealkylation sites (tertiary alicyclic amines) is 1. The van der Waals surface area contributed by atoms with Gasteiger partial charge in [0, 0.05) is 17.8 Å². The van der Waals surface area contributed by atoms with Crippen LogP contribution < -0.4 is 5.32 Å². The Labute approximate surface area is 143 Å². The highest BCUT2D eigenvalue weighted by Crippen LogP contribution is 2.16. The lowest BCUT2D eigenvalue weighted by Crippen LogP contribution is -2.46. The minimum absolute atomic E-state index is 0.0974. The first-order chi connectivity index (χ1) is 10.9. The van der Waals surface area contributed by atoms with Crippen molar-refractivity contribution in [1.29, 1.82) is 0 Å². The summed E-state index contributed by atoms with van der Waals surface area (Å²) in [6, 6.07) is 7.16. The maximum atomic E-state index is 12.1. The summed E-state index contributed by atoms with van der Waals surface area (Å²) in [5.74, 6) is 1.91. The van der Waals surface area contributed by atoms with E-state index in [9.17, 15) is 9.90 Å². The standard InChI is InChI=1S/C18H28N2O2S/c1-18(2,13-15-5-7-16(21)8-6-15)19-17(22)14-23-12-11-20-9-3-4-10-20/h5-8,21H,3-4,9-14H2,1-2H3,(H,19,22). The van der Waals surface area contributed by atoms with Crippen molar-refractivity contribution in [2.75, 3.05) is 31.1 Å². The summed E-state index contributed by atoms with van der Waals surface area (Å²) in [6.07, 6.45) is 3.38. The van der Waals surface area contributed by atoms with Crippen LogP contribution in [-0.2, 0) is 11.2 Å². The van der Waals surface area contributed by atoms with Crippen LogP contribution in [0, 0.1) is 0 Å². The molecule has 1 aliphatic heterocycles. The smallest absolute Gasteiger partial charge is 0.230 e. The molecular formula is C18H28N2O2S. The van der Waals surface area contributed by atoms with Gasteiger partial charge in [-0.15, -0.1) is 0 Å². The van der Waals surface area contributed by atoms with E-state index in [2.05, 4.69) is 10.2 Å². The first-order valence-electron chi connectivity index (χ1n) is 8.34. The number of carbonyl (C=O) groups excluding carboxylic acids is 1. The molecular weight excluding hydrogens is 308 g/mol. The highest BCUT2D eigenvalue weighted by molar-refractivity contribution is 7.99. The third kappa shape index (κ3) is 6.83. The van der Waals surface area contributed by atoms with E-state index in [0.717, 1.165) is 24.3 Å².